The standard InChI is InChI=1S/C27H28BrN5O2/c1-3-21-9-10-24-25(19-15-20(28)17-29-16-19)26(23(18-35-2)30-33(21)24)27(34)32-13-11-31(12-14-32)22-7-5-4-6-8-22/h4-10,15-17H,3,11-14,18H2,1-2H3. The van der Waals surface area contributed by atoms with Crippen LogP contribution in [-0.4, -0.2) is 58.7 Å². The lowest BCUT2D eigenvalue weighted by Gasteiger charge is -2.36. The molecule has 5 rings (SSSR count). The summed E-state index contributed by atoms with van der Waals surface area (Å²) in [5.74, 6) is -0.0195. The summed E-state index contributed by atoms with van der Waals surface area (Å²) < 4.78 is 8.31. The molecular weight excluding hydrogens is 506 g/mol. The highest BCUT2D eigenvalue weighted by molar-refractivity contribution is 9.10. The minimum Gasteiger partial charge on any atom is -0.378 e. The van der Waals surface area contributed by atoms with Crippen LogP contribution in [0.5, 0.6) is 0 Å². The zero-order valence-corrected chi connectivity index (χ0v) is 21.5. The second-order valence-corrected chi connectivity index (χ2v) is 9.53. The van der Waals surface area contributed by atoms with Gasteiger partial charge in [-0.05, 0) is 52.7 Å². The summed E-state index contributed by atoms with van der Waals surface area (Å²) in [6, 6.07) is 16.5. The van der Waals surface area contributed by atoms with E-state index < -0.39 is 0 Å². The molecule has 4 aromatic rings. The molecule has 0 saturated carbocycles. The van der Waals surface area contributed by atoms with E-state index in [2.05, 4.69) is 50.9 Å². The van der Waals surface area contributed by atoms with Crippen LogP contribution in [0.1, 0.15) is 28.7 Å². The lowest BCUT2D eigenvalue weighted by atomic mass is 9.98. The van der Waals surface area contributed by atoms with Gasteiger partial charge in [0.2, 0.25) is 0 Å². The van der Waals surface area contributed by atoms with E-state index in [-0.39, 0.29) is 12.5 Å². The van der Waals surface area contributed by atoms with Crippen LogP contribution in [0.15, 0.2) is 65.4 Å². The van der Waals surface area contributed by atoms with Gasteiger partial charge in [0.1, 0.15) is 5.69 Å². The van der Waals surface area contributed by atoms with Gasteiger partial charge in [-0.25, -0.2) is 4.52 Å². The number of amides is 1. The number of pyridine rings is 1. The Balaban J connectivity index is 1.59. The van der Waals surface area contributed by atoms with Crippen LogP contribution < -0.4 is 4.90 Å². The zero-order valence-electron chi connectivity index (χ0n) is 19.9. The number of aryl methyl sites for hydroxylation is 1. The second kappa shape index (κ2) is 10.2. The van der Waals surface area contributed by atoms with Crippen LogP contribution >= 0.6 is 15.9 Å². The van der Waals surface area contributed by atoms with Crippen molar-refractivity contribution in [3.63, 3.8) is 0 Å². The molecule has 0 spiro atoms. The number of hydrogen-bond acceptors (Lipinski definition) is 5. The number of carbonyl (C=O) groups excluding carboxylic acids is 1. The number of carbonyl (C=O) groups is 1. The molecule has 0 atom stereocenters. The third kappa shape index (κ3) is 4.56. The van der Waals surface area contributed by atoms with E-state index in [9.17, 15) is 4.79 Å². The molecule has 0 bridgehead atoms. The molecule has 3 aromatic heterocycles. The van der Waals surface area contributed by atoms with Gasteiger partial charge in [-0.15, -0.1) is 0 Å². The van der Waals surface area contributed by atoms with Crippen LogP contribution in [0.25, 0.3) is 16.6 Å². The number of halogens is 1. The van der Waals surface area contributed by atoms with Crippen molar-refractivity contribution in [3.8, 4) is 11.1 Å². The van der Waals surface area contributed by atoms with Gasteiger partial charge < -0.3 is 14.5 Å². The summed E-state index contributed by atoms with van der Waals surface area (Å²) in [7, 11) is 1.63. The molecule has 7 nitrogen and oxygen atoms in total. The van der Waals surface area contributed by atoms with Crippen molar-refractivity contribution < 1.29 is 9.53 Å². The number of para-hydroxylation sites is 1. The predicted molar refractivity (Wildman–Crippen MR) is 141 cm³/mol. The topological polar surface area (TPSA) is 63.0 Å². The van der Waals surface area contributed by atoms with Gasteiger partial charge in [0.05, 0.1) is 17.7 Å². The molecule has 0 N–H and O–H groups in total. The van der Waals surface area contributed by atoms with Crippen LogP contribution in [0.4, 0.5) is 5.69 Å². The molecular formula is C27H28BrN5O2. The first-order chi connectivity index (χ1) is 17.1. The Hall–Kier alpha value is -3.23. The van der Waals surface area contributed by atoms with Crippen molar-refractivity contribution >= 4 is 33.0 Å². The number of methoxy groups -OCH3 is 1. The normalized spacial score (nSPS) is 14.0. The molecule has 180 valence electrons. The average Bonchev–Trinajstić information content (AvgIpc) is 3.31. The van der Waals surface area contributed by atoms with Crippen molar-refractivity contribution in [2.24, 2.45) is 0 Å². The molecule has 1 aromatic carbocycles. The van der Waals surface area contributed by atoms with E-state index >= 15 is 0 Å². The lowest BCUT2D eigenvalue weighted by molar-refractivity contribution is 0.0741. The molecule has 0 aliphatic carbocycles. The number of piperazine rings is 1. The highest BCUT2D eigenvalue weighted by Crippen LogP contribution is 2.34. The molecule has 8 heteroatoms. The maximum Gasteiger partial charge on any atom is 0.256 e. The van der Waals surface area contributed by atoms with Crippen molar-refractivity contribution in [1.82, 2.24) is 19.5 Å². The third-order valence-corrected chi connectivity index (χ3v) is 6.92. The average molecular weight is 534 g/mol. The summed E-state index contributed by atoms with van der Waals surface area (Å²) in [5, 5.41) is 4.88. The third-order valence-electron chi connectivity index (χ3n) is 6.49. The van der Waals surface area contributed by atoms with Gasteiger partial charge >= 0.3 is 0 Å². The van der Waals surface area contributed by atoms with Gasteiger partial charge in [0, 0.05) is 72.7 Å². The number of rotatable bonds is 6. The Kier molecular flexibility index (Phi) is 6.83. The summed E-state index contributed by atoms with van der Waals surface area (Å²) in [5.41, 5.74) is 6.10. The first-order valence-corrected chi connectivity index (χ1v) is 12.6. The van der Waals surface area contributed by atoms with Gasteiger partial charge in [-0.1, -0.05) is 25.1 Å². The molecule has 1 fully saturated rings. The first-order valence-electron chi connectivity index (χ1n) is 11.8. The van der Waals surface area contributed by atoms with Crippen LogP contribution in [-0.2, 0) is 17.8 Å². The molecule has 4 heterocycles. The number of anilines is 1. The van der Waals surface area contributed by atoms with Crippen LogP contribution in [0.2, 0.25) is 0 Å². The maximum absolute atomic E-state index is 14.1. The summed E-state index contributed by atoms with van der Waals surface area (Å²) in [6.45, 7) is 5.20. The monoisotopic (exact) mass is 533 g/mol. The first kappa shape index (κ1) is 23.5. The van der Waals surface area contributed by atoms with Gasteiger partial charge in [0.15, 0.2) is 0 Å². The molecule has 1 aliphatic rings. The van der Waals surface area contributed by atoms with E-state index in [1.165, 1.54) is 5.69 Å². The van der Waals surface area contributed by atoms with E-state index in [4.69, 9.17) is 9.84 Å². The predicted octanol–water partition coefficient (Wildman–Crippen LogP) is 4.83. The Labute approximate surface area is 213 Å². The largest absolute Gasteiger partial charge is 0.378 e. The van der Waals surface area contributed by atoms with Gasteiger partial charge in [0.25, 0.3) is 5.91 Å². The lowest BCUT2D eigenvalue weighted by Crippen LogP contribution is -2.49. The highest BCUT2D eigenvalue weighted by atomic mass is 79.9. The Bertz CT molecular complexity index is 1350. The molecule has 1 amide bonds. The van der Waals surface area contributed by atoms with Crippen molar-refractivity contribution in [2.75, 3.05) is 38.2 Å². The van der Waals surface area contributed by atoms with Gasteiger partial charge in [-0.2, -0.15) is 5.10 Å². The molecule has 1 saturated heterocycles. The summed E-state index contributed by atoms with van der Waals surface area (Å²) in [4.78, 5) is 22.8. The van der Waals surface area contributed by atoms with Crippen LogP contribution in [0, 0.1) is 0 Å². The van der Waals surface area contributed by atoms with Gasteiger partial charge in [-0.3, -0.25) is 9.78 Å². The second-order valence-electron chi connectivity index (χ2n) is 8.61. The van der Waals surface area contributed by atoms with Crippen molar-refractivity contribution in [1.29, 1.82) is 0 Å². The van der Waals surface area contributed by atoms with E-state index in [0.717, 1.165) is 46.3 Å². The smallest absolute Gasteiger partial charge is 0.256 e. The minimum absolute atomic E-state index is 0.0195. The molecule has 0 radical (unpaired) electrons. The fourth-order valence-corrected chi connectivity index (χ4v) is 5.13. The number of nitrogens with zero attached hydrogens (tertiary/aromatic N) is 5. The SMILES string of the molecule is CCc1ccc2c(-c3cncc(Br)c3)c(C(=O)N3CCN(c4ccccc4)CC3)c(COC)nn12. The molecule has 35 heavy (non-hydrogen) atoms. The summed E-state index contributed by atoms with van der Waals surface area (Å²) in [6.07, 6.45) is 4.38. The number of aromatic nitrogens is 3. The molecule has 1 aliphatic heterocycles. The fraction of sp³-hybridized carbons (Fsp3) is 0.296. The zero-order chi connectivity index (χ0) is 24.4. The van der Waals surface area contributed by atoms with E-state index in [1.807, 2.05) is 39.7 Å². The Morgan fingerprint density at radius 2 is 1.83 bits per heavy atom. The number of benzene rings is 1. The van der Waals surface area contributed by atoms with Crippen molar-refractivity contribution in [2.45, 2.75) is 20.0 Å². The fourth-order valence-electron chi connectivity index (χ4n) is 4.76. The van der Waals surface area contributed by atoms with Crippen molar-refractivity contribution in [3.05, 3.63) is 82.3 Å². The quantitative estimate of drug-likeness (QED) is 0.355. The Morgan fingerprint density at radius 3 is 2.51 bits per heavy atom. The Morgan fingerprint density at radius 1 is 1.06 bits per heavy atom. The minimum atomic E-state index is -0.0195. The highest BCUT2D eigenvalue weighted by Gasteiger charge is 2.29. The summed E-state index contributed by atoms with van der Waals surface area (Å²) >= 11 is 3.55. The van der Waals surface area contributed by atoms with Crippen LogP contribution in [0.3, 0.4) is 0 Å². The van der Waals surface area contributed by atoms with E-state index in [0.29, 0.717) is 24.3 Å². The maximum atomic E-state index is 14.1. The number of ether oxygens (including phenoxy) is 1. The van der Waals surface area contributed by atoms with E-state index in [1.54, 1.807) is 19.5 Å². The number of hydrogen-bond donors (Lipinski definition) is 0. The molecule has 0 unspecified atom stereocenters. The number of fused-ring (bicyclic) bond motifs is 1.